The van der Waals surface area contributed by atoms with Gasteiger partial charge in [-0.1, -0.05) is 26.3 Å². The first-order chi connectivity index (χ1) is 7.22. The van der Waals surface area contributed by atoms with Crippen LogP contribution in [0.15, 0.2) is 22.8 Å². The molecule has 0 radical (unpaired) electrons. The number of rotatable bonds is 4. The van der Waals surface area contributed by atoms with Gasteiger partial charge in [0.05, 0.1) is 0 Å². The van der Waals surface area contributed by atoms with E-state index >= 15 is 0 Å². The molecule has 0 atom stereocenters. The van der Waals surface area contributed by atoms with Crippen LogP contribution < -0.4 is 0 Å². The molecular formula is C14H22O. The Kier molecular flexibility index (Phi) is 4.80. The molecule has 1 heteroatoms. The van der Waals surface area contributed by atoms with Crippen LogP contribution in [-0.2, 0) is 4.79 Å². The number of carbonyl (C=O) groups is 1. The van der Waals surface area contributed by atoms with E-state index in [9.17, 15) is 4.79 Å². The van der Waals surface area contributed by atoms with E-state index < -0.39 is 0 Å². The fraction of sp³-hybridized carbons (Fsp3) is 0.643. The van der Waals surface area contributed by atoms with Gasteiger partial charge in [-0.3, -0.25) is 4.79 Å². The van der Waals surface area contributed by atoms with Gasteiger partial charge in [0.2, 0.25) is 0 Å². The molecule has 0 aromatic carbocycles. The van der Waals surface area contributed by atoms with E-state index in [2.05, 4.69) is 20.8 Å². The summed E-state index contributed by atoms with van der Waals surface area (Å²) in [6.07, 6.45) is 8.06. The molecule has 1 rings (SSSR count). The lowest BCUT2D eigenvalue weighted by Gasteiger charge is -2.18. The zero-order chi connectivity index (χ0) is 11.3. The second kappa shape index (κ2) is 5.89. The van der Waals surface area contributed by atoms with E-state index in [4.69, 9.17) is 0 Å². The Bertz CT molecular complexity index is 288. The molecule has 1 nitrogen and oxygen atoms in total. The smallest absolute Gasteiger partial charge is 0.155 e. The van der Waals surface area contributed by atoms with Crippen molar-refractivity contribution in [3.63, 3.8) is 0 Å². The first-order valence-corrected chi connectivity index (χ1v) is 6.17. The van der Waals surface area contributed by atoms with Crippen molar-refractivity contribution in [1.82, 2.24) is 0 Å². The van der Waals surface area contributed by atoms with E-state index in [0.717, 1.165) is 38.5 Å². The lowest BCUT2D eigenvalue weighted by molar-refractivity contribution is -0.115. The summed E-state index contributed by atoms with van der Waals surface area (Å²) in [5, 5.41) is 0. The Balaban J connectivity index is 3.00. The standard InChI is InChI=1S/C14H22O/c1-4-11(5-2)14(6-3)12-8-7-9-13(15)10-12/h10H,4-9H2,1-3H3. The second-order valence-electron chi connectivity index (χ2n) is 4.13. The van der Waals surface area contributed by atoms with Gasteiger partial charge in [-0.05, 0) is 49.3 Å². The minimum atomic E-state index is 0.314. The SMILES string of the molecule is CCC(CC)=C(CC)C1=CC(=O)CCC1. The molecule has 0 N–H and O–H groups in total. The second-order valence-corrected chi connectivity index (χ2v) is 4.13. The number of ketones is 1. The third-order valence-corrected chi connectivity index (χ3v) is 3.23. The molecule has 1 aliphatic rings. The maximum Gasteiger partial charge on any atom is 0.155 e. The summed E-state index contributed by atoms with van der Waals surface area (Å²) in [7, 11) is 0. The molecule has 0 saturated carbocycles. The number of hydrogen-bond acceptors (Lipinski definition) is 1. The highest BCUT2D eigenvalue weighted by atomic mass is 16.1. The van der Waals surface area contributed by atoms with Gasteiger partial charge < -0.3 is 0 Å². The molecule has 15 heavy (non-hydrogen) atoms. The molecule has 0 unspecified atom stereocenters. The average molecular weight is 206 g/mol. The topological polar surface area (TPSA) is 17.1 Å². The van der Waals surface area contributed by atoms with Crippen LogP contribution in [0.2, 0.25) is 0 Å². The fourth-order valence-corrected chi connectivity index (χ4v) is 2.41. The summed E-state index contributed by atoms with van der Waals surface area (Å²) in [6, 6.07) is 0. The lowest BCUT2D eigenvalue weighted by Crippen LogP contribution is -2.05. The average Bonchev–Trinajstić information content (AvgIpc) is 2.25. The molecule has 0 aromatic heterocycles. The van der Waals surface area contributed by atoms with Crippen LogP contribution in [-0.4, -0.2) is 5.78 Å². The van der Waals surface area contributed by atoms with E-state index in [1.165, 1.54) is 16.7 Å². The summed E-state index contributed by atoms with van der Waals surface area (Å²) < 4.78 is 0. The predicted octanol–water partition coefficient (Wildman–Crippen LogP) is 4.19. The Hall–Kier alpha value is -0.850. The third kappa shape index (κ3) is 3.05. The summed E-state index contributed by atoms with van der Waals surface area (Å²) in [5.41, 5.74) is 4.29. The van der Waals surface area contributed by atoms with E-state index in [-0.39, 0.29) is 0 Å². The van der Waals surface area contributed by atoms with Gasteiger partial charge in [0.1, 0.15) is 0 Å². The Labute approximate surface area is 93.3 Å². The van der Waals surface area contributed by atoms with Crippen LogP contribution in [0, 0.1) is 0 Å². The first kappa shape index (κ1) is 12.2. The van der Waals surface area contributed by atoms with Crippen molar-refractivity contribution in [2.45, 2.75) is 59.3 Å². The molecule has 0 heterocycles. The van der Waals surface area contributed by atoms with Gasteiger partial charge >= 0.3 is 0 Å². The maximum atomic E-state index is 11.4. The molecule has 0 aliphatic heterocycles. The van der Waals surface area contributed by atoms with Crippen LogP contribution >= 0.6 is 0 Å². The van der Waals surface area contributed by atoms with Crippen LogP contribution in [0.5, 0.6) is 0 Å². The number of allylic oxidation sites excluding steroid dienone is 4. The number of carbonyl (C=O) groups excluding carboxylic acids is 1. The molecule has 1 aliphatic carbocycles. The Morgan fingerprint density at radius 2 is 1.80 bits per heavy atom. The molecule has 0 aromatic rings. The van der Waals surface area contributed by atoms with Gasteiger partial charge in [-0.25, -0.2) is 0 Å². The predicted molar refractivity (Wildman–Crippen MR) is 64.8 cm³/mol. The molecule has 0 fully saturated rings. The number of hydrogen-bond donors (Lipinski definition) is 0. The van der Waals surface area contributed by atoms with Crippen molar-refractivity contribution in [2.75, 3.05) is 0 Å². The molecule has 0 spiro atoms. The summed E-state index contributed by atoms with van der Waals surface area (Å²) in [6.45, 7) is 6.61. The lowest BCUT2D eigenvalue weighted by atomic mass is 9.87. The monoisotopic (exact) mass is 206 g/mol. The largest absolute Gasteiger partial charge is 0.295 e. The Morgan fingerprint density at radius 3 is 2.27 bits per heavy atom. The minimum absolute atomic E-state index is 0.314. The van der Waals surface area contributed by atoms with E-state index in [0.29, 0.717) is 5.78 Å². The minimum Gasteiger partial charge on any atom is -0.295 e. The normalized spacial score (nSPS) is 16.2. The van der Waals surface area contributed by atoms with Crippen molar-refractivity contribution in [2.24, 2.45) is 0 Å². The van der Waals surface area contributed by atoms with Crippen molar-refractivity contribution in [1.29, 1.82) is 0 Å². The maximum absolute atomic E-state index is 11.4. The molecule has 84 valence electrons. The van der Waals surface area contributed by atoms with Crippen LogP contribution in [0.25, 0.3) is 0 Å². The highest BCUT2D eigenvalue weighted by Crippen LogP contribution is 2.29. The first-order valence-electron chi connectivity index (χ1n) is 6.17. The van der Waals surface area contributed by atoms with Crippen molar-refractivity contribution in [3.05, 3.63) is 22.8 Å². The van der Waals surface area contributed by atoms with Gasteiger partial charge in [-0.15, -0.1) is 0 Å². The molecule has 0 saturated heterocycles. The molecule has 0 amide bonds. The van der Waals surface area contributed by atoms with Gasteiger partial charge in [0.15, 0.2) is 5.78 Å². The van der Waals surface area contributed by atoms with Crippen LogP contribution in [0.4, 0.5) is 0 Å². The van der Waals surface area contributed by atoms with Crippen LogP contribution in [0.1, 0.15) is 59.3 Å². The fourth-order valence-electron chi connectivity index (χ4n) is 2.41. The Morgan fingerprint density at radius 1 is 1.13 bits per heavy atom. The summed E-state index contributed by atoms with van der Waals surface area (Å²) in [5.74, 6) is 0.314. The van der Waals surface area contributed by atoms with Crippen molar-refractivity contribution in [3.8, 4) is 0 Å². The molecule has 0 bridgehead atoms. The highest BCUT2D eigenvalue weighted by Gasteiger charge is 2.14. The van der Waals surface area contributed by atoms with Gasteiger partial charge in [0.25, 0.3) is 0 Å². The third-order valence-electron chi connectivity index (χ3n) is 3.23. The van der Waals surface area contributed by atoms with Gasteiger partial charge in [-0.2, -0.15) is 0 Å². The van der Waals surface area contributed by atoms with Crippen LogP contribution in [0.3, 0.4) is 0 Å². The van der Waals surface area contributed by atoms with Crippen molar-refractivity contribution < 1.29 is 4.79 Å². The molecular weight excluding hydrogens is 184 g/mol. The zero-order valence-electron chi connectivity index (χ0n) is 10.2. The quantitative estimate of drug-likeness (QED) is 0.674. The highest BCUT2D eigenvalue weighted by molar-refractivity contribution is 5.92. The zero-order valence-corrected chi connectivity index (χ0v) is 10.2. The van der Waals surface area contributed by atoms with E-state index in [1.54, 1.807) is 0 Å². The van der Waals surface area contributed by atoms with E-state index in [1.807, 2.05) is 6.08 Å². The summed E-state index contributed by atoms with van der Waals surface area (Å²) in [4.78, 5) is 11.4. The van der Waals surface area contributed by atoms with Gasteiger partial charge in [0, 0.05) is 6.42 Å². The van der Waals surface area contributed by atoms with Crippen molar-refractivity contribution >= 4 is 5.78 Å². The summed E-state index contributed by atoms with van der Waals surface area (Å²) >= 11 is 0.